The standard InChI is InChI=1S/C9H19N3O2/c1-3-14-8(13)6-4-5-7-12-9(10)11-2/h3-7H2,1-2H3,(H3,10,11,12). The summed E-state index contributed by atoms with van der Waals surface area (Å²) in [6.45, 7) is 2.99. The molecule has 0 aliphatic carbocycles. The minimum absolute atomic E-state index is 0.135. The summed E-state index contributed by atoms with van der Waals surface area (Å²) >= 11 is 0. The second-order valence-corrected chi connectivity index (χ2v) is 2.80. The number of guanidine groups is 1. The topological polar surface area (TPSA) is 76.7 Å². The molecule has 0 aliphatic rings. The van der Waals surface area contributed by atoms with E-state index in [1.165, 1.54) is 0 Å². The van der Waals surface area contributed by atoms with Crippen LogP contribution in [0.25, 0.3) is 0 Å². The van der Waals surface area contributed by atoms with Crippen LogP contribution in [0.15, 0.2) is 4.99 Å². The molecule has 0 fully saturated rings. The van der Waals surface area contributed by atoms with Crippen molar-refractivity contribution in [3.63, 3.8) is 0 Å². The molecule has 0 atom stereocenters. The van der Waals surface area contributed by atoms with Crippen molar-refractivity contribution in [3.8, 4) is 0 Å². The molecular weight excluding hydrogens is 182 g/mol. The Hall–Kier alpha value is -1.26. The first-order chi connectivity index (χ1) is 6.70. The zero-order valence-corrected chi connectivity index (χ0v) is 8.88. The van der Waals surface area contributed by atoms with Crippen molar-refractivity contribution >= 4 is 11.9 Å². The lowest BCUT2D eigenvalue weighted by Gasteiger charge is -2.04. The van der Waals surface area contributed by atoms with E-state index < -0.39 is 0 Å². The van der Waals surface area contributed by atoms with E-state index in [9.17, 15) is 4.79 Å². The second kappa shape index (κ2) is 8.34. The van der Waals surface area contributed by atoms with Gasteiger partial charge in [-0.05, 0) is 19.8 Å². The highest BCUT2D eigenvalue weighted by atomic mass is 16.5. The highest BCUT2D eigenvalue weighted by molar-refractivity contribution is 5.77. The molecule has 14 heavy (non-hydrogen) atoms. The van der Waals surface area contributed by atoms with Gasteiger partial charge in [0.2, 0.25) is 0 Å². The molecule has 0 spiro atoms. The highest BCUT2D eigenvalue weighted by Crippen LogP contribution is 1.96. The van der Waals surface area contributed by atoms with Crippen molar-refractivity contribution in [3.05, 3.63) is 0 Å². The fourth-order valence-corrected chi connectivity index (χ4v) is 0.923. The van der Waals surface area contributed by atoms with Gasteiger partial charge >= 0.3 is 5.97 Å². The molecule has 3 N–H and O–H groups in total. The lowest BCUT2D eigenvalue weighted by atomic mass is 10.2. The summed E-state index contributed by atoms with van der Waals surface area (Å²) in [6.07, 6.45) is 2.16. The Morgan fingerprint density at radius 3 is 2.79 bits per heavy atom. The van der Waals surface area contributed by atoms with Gasteiger partial charge in [0.1, 0.15) is 0 Å². The van der Waals surface area contributed by atoms with Crippen LogP contribution < -0.4 is 11.1 Å². The summed E-state index contributed by atoms with van der Waals surface area (Å²) in [5.74, 6) is 0.297. The average Bonchev–Trinajstić information content (AvgIpc) is 2.17. The number of nitrogens with two attached hydrogens (primary N) is 1. The van der Waals surface area contributed by atoms with Crippen LogP contribution in [-0.4, -0.2) is 32.1 Å². The zero-order chi connectivity index (χ0) is 10.8. The molecule has 0 saturated carbocycles. The predicted octanol–water partition coefficient (Wildman–Crippen LogP) is 0.254. The van der Waals surface area contributed by atoms with Crippen LogP contribution in [0.1, 0.15) is 26.2 Å². The van der Waals surface area contributed by atoms with Gasteiger partial charge in [-0.3, -0.25) is 9.79 Å². The van der Waals surface area contributed by atoms with E-state index in [1.807, 2.05) is 0 Å². The molecule has 0 bridgehead atoms. The molecule has 82 valence electrons. The van der Waals surface area contributed by atoms with Gasteiger partial charge in [-0.1, -0.05) is 0 Å². The number of nitrogens with zero attached hydrogens (tertiary/aromatic N) is 1. The zero-order valence-electron chi connectivity index (χ0n) is 8.88. The number of unbranched alkanes of at least 4 members (excludes halogenated alkanes) is 1. The number of aliphatic imine (C=N–C) groups is 1. The molecule has 0 saturated heterocycles. The van der Waals surface area contributed by atoms with Gasteiger partial charge in [0.05, 0.1) is 6.61 Å². The number of hydrogen-bond donors (Lipinski definition) is 2. The van der Waals surface area contributed by atoms with E-state index in [0.717, 1.165) is 19.4 Å². The number of hydrogen-bond acceptors (Lipinski definition) is 3. The summed E-state index contributed by atoms with van der Waals surface area (Å²) < 4.78 is 4.78. The Morgan fingerprint density at radius 1 is 1.50 bits per heavy atom. The molecule has 0 aromatic heterocycles. The Bertz CT molecular complexity index is 192. The molecule has 0 rings (SSSR count). The molecule has 5 nitrogen and oxygen atoms in total. The van der Waals surface area contributed by atoms with Gasteiger partial charge < -0.3 is 15.8 Å². The van der Waals surface area contributed by atoms with E-state index in [0.29, 0.717) is 19.0 Å². The third kappa shape index (κ3) is 7.39. The SMILES string of the molecule is CCOC(=O)CCCCNC(N)=NC. The van der Waals surface area contributed by atoms with Crippen LogP contribution in [-0.2, 0) is 9.53 Å². The van der Waals surface area contributed by atoms with Crippen LogP contribution >= 0.6 is 0 Å². The Kier molecular flexibility index (Phi) is 7.59. The van der Waals surface area contributed by atoms with E-state index in [1.54, 1.807) is 14.0 Å². The van der Waals surface area contributed by atoms with Crippen molar-refractivity contribution in [1.29, 1.82) is 0 Å². The maximum absolute atomic E-state index is 10.9. The normalized spacial score (nSPS) is 11.1. The maximum atomic E-state index is 10.9. The number of carbonyl (C=O) groups is 1. The summed E-state index contributed by atoms with van der Waals surface area (Å²) in [5, 5.41) is 2.91. The number of rotatable bonds is 6. The van der Waals surface area contributed by atoms with Crippen molar-refractivity contribution in [2.45, 2.75) is 26.2 Å². The molecule has 0 heterocycles. The summed E-state index contributed by atoms with van der Waals surface area (Å²) in [7, 11) is 1.63. The van der Waals surface area contributed by atoms with Gasteiger partial charge in [-0.2, -0.15) is 0 Å². The maximum Gasteiger partial charge on any atom is 0.305 e. The molecule has 0 aromatic rings. The minimum atomic E-state index is -0.135. The number of carbonyl (C=O) groups excluding carboxylic acids is 1. The van der Waals surface area contributed by atoms with Gasteiger partial charge in [0.25, 0.3) is 0 Å². The van der Waals surface area contributed by atoms with Crippen molar-refractivity contribution in [2.24, 2.45) is 10.7 Å². The summed E-state index contributed by atoms with van der Waals surface area (Å²) in [6, 6.07) is 0. The summed E-state index contributed by atoms with van der Waals surface area (Å²) in [4.78, 5) is 14.6. The van der Waals surface area contributed by atoms with Crippen molar-refractivity contribution < 1.29 is 9.53 Å². The third-order valence-electron chi connectivity index (χ3n) is 1.66. The monoisotopic (exact) mass is 201 g/mol. The summed E-state index contributed by atoms with van der Waals surface area (Å²) in [5.41, 5.74) is 5.41. The van der Waals surface area contributed by atoms with Crippen LogP contribution in [0.3, 0.4) is 0 Å². The van der Waals surface area contributed by atoms with Crippen molar-refractivity contribution in [2.75, 3.05) is 20.2 Å². The first-order valence-electron chi connectivity index (χ1n) is 4.82. The number of nitrogens with one attached hydrogen (secondary N) is 1. The quantitative estimate of drug-likeness (QED) is 0.279. The fourth-order valence-electron chi connectivity index (χ4n) is 0.923. The highest BCUT2D eigenvalue weighted by Gasteiger charge is 2.00. The first kappa shape index (κ1) is 12.7. The van der Waals surface area contributed by atoms with E-state index in [-0.39, 0.29) is 5.97 Å². The number of esters is 1. The van der Waals surface area contributed by atoms with Gasteiger partial charge in [-0.15, -0.1) is 0 Å². The fraction of sp³-hybridized carbons (Fsp3) is 0.778. The molecule has 5 heteroatoms. The minimum Gasteiger partial charge on any atom is -0.466 e. The van der Waals surface area contributed by atoms with Gasteiger partial charge in [-0.25, -0.2) is 0 Å². The van der Waals surface area contributed by atoms with E-state index in [4.69, 9.17) is 10.5 Å². The van der Waals surface area contributed by atoms with Gasteiger partial charge in [0, 0.05) is 20.0 Å². The van der Waals surface area contributed by atoms with E-state index in [2.05, 4.69) is 10.3 Å². The molecule has 0 radical (unpaired) electrons. The van der Waals surface area contributed by atoms with Crippen LogP contribution in [0.5, 0.6) is 0 Å². The molecular formula is C9H19N3O2. The molecule has 0 unspecified atom stereocenters. The third-order valence-corrected chi connectivity index (χ3v) is 1.66. The Labute approximate surface area is 84.7 Å². The molecule has 0 aliphatic heterocycles. The second-order valence-electron chi connectivity index (χ2n) is 2.80. The lowest BCUT2D eigenvalue weighted by molar-refractivity contribution is -0.143. The smallest absolute Gasteiger partial charge is 0.305 e. The van der Waals surface area contributed by atoms with Crippen LogP contribution in [0.2, 0.25) is 0 Å². The average molecular weight is 201 g/mol. The van der Waals surface area contributed by atoms with Crippen LogP contribution in [0.4, 0.5) is 0 Å². The molecule has 0 amide bonds. The Morgan fingerprint density at radius 2 is 2.21 bits per heavy atom. The Balaban J connectivity index is 3.25. The first-order valence-corrected chi connectivity index (χ1v) is 4.82. The van der Waals surface area contributed by atoms with Crippen LogP contribution in [0, 0.1) is 0 Å². The van der Waals surface area contributed by atoms with Crippen molar-refractivity contribution in [1.82, 2.24) is 5.32 Å². The molecule has 0 aromatic carbocycles. The lowest BCUT2D eigenvalue weighted by Crippen LogP contribution is -2.32. The van der Waals surface area contributed by atoms with Gasteiger partial charge in [0.15, 0.2) is 5.96 Å². The number of ether oxygens (including phenoxy) is 1. The van der Waals surface area contributed by atoms with E-state index >= 15 is 0 Å². The predicted molar refractivity (Wildman–Crippen MR) is 56.0 cm³/mol. The largest absolute Gasteiger partial charge is 0.466 e.